The molecule has 4 aromatic carbocycles. The quantitative estimate of drug-likeness (QED) is 0.207. The Morgan fingerprint density at radius 1 is 0.388 bits per heavy atom. The van der Waals surface area contributed by atoms with Gasteiger partial charge in [0.25, 0.3) is 0 Å². The van der Waals surface area contributed by atoms with Crippen LogP contribution < -0.4 is 0 Å². The molecule has 0 N–H and O–H groups in total. The largest absolute Gasteiger partial charge is 0.0613 e. The zero-order valence-corrected chi connectivity index (χ0v) is 33.0. The molecule has 0 atom stereocenters. The van der Waals surface area contributed by atoms with Crippen molar-refractivity contribution in [1.82, 2.24) is 0 Å². The molecule has 49 heavy (non-hydrogen) atoms. The van der Waals surface area contributed by atoms with Crippen molar-refractivity contribution < 1.29 is 0 Å². The highest BCUT2D eigenvalue weighted by atomic mass is 14.4. The zero-order chi connectivity index (χ0) is 35.9. The number of fused-ring (bicyclic) bond motifs is 2. The van der Waals surface area contributed by atoms with Crippen molar-refractivity contribution >= 4 is 12.2 Å². The van der Waals surface area contributed by atoms with E-state index in [1.165, 1.54) is 77.9 Å². The predicted molar refractivity (Wildman–Crippen MR) is 216 cm³/mol. The van der Waals surface area contributed by atoms with E-state index in [0.29, 0.717) is 0 Å². The van der Waals surface area contributed by atoms with Gasteiger partial charge in [-0.05, 0) is 101 Å². The molecule has 256 valence electrons. The number of benzene rings is 4. The number of allylic oxidation sites excluding steroid dienone is 2. The number of hydrogen-bond donors (Lipinski definition) is 0. The summed E-state index contributed by atoms with van der Waals surface area (Å²) >= 11 is 0. The van der Waals surface area contributed by atoms with Crippen molar-refractivity contribution in [1.29, 1.82) is 0 Å². The summed E-state index contributed by atoms with van der Waals surface area (Å²) in [5.41, 5.74) is 20.1. The van der Waals surface area contributed by atoms with E-state index in [1.807, 2.05) is 0 Å². The topological polar surface area (TPSA) is 0 Å². The summed E-state index contributed by atoms with van der Waals surface area (Å²) in [5.74, 6) is 0. The second kappa shape index (κ2) is 11.7. The van der Waals surface area contributed by atoms with Gasteiger partial charge >= 0.3 is 0 Å². The smallest absolute Gasteiger partial charge is 0.00773 e. The highest BCUT2D eigenvalue weighted by molar-refractivity contribution is 5.85. The van der Waals surface area contributed by atoms with E-state index in [4.69, 9.17) is 0 Å². The van der Waals surface area contributed by atoms with Gasteiger partial charge in [0.15, 0.2) is 0 Å². The van der Waals surface area contributed by atoms with Gasteiger partial charge in [0.2, 0.25) is 0 Å². The van der Waals surface area contributed by atoms with Crippen LogP contribution in [0.3, 0.4) is 0 Å². The summed E-state index contributed by atoms with van der Waals surface area (Å²) in [6.45, 7) is 32.9. The molecule has 0 aromatic heterocycles. The summed E-state index contributed by atoms with van der Waals surface area (Å²) in [4.78, 5) is 0. The van der Waals surface area contributed by atoms with Gasteiger partial charge in [-0.2, -0.15) is 0 Å². The monoisotopic (exact) mass is 648 g/mol. The van der Waals surface area contributed by atoms with Gasteiger partial charge in [0.1, 0.15) is 0 Å². The lowest BCUT2D eigenvalue weighted by atomic mass is 9.75. The van der Waals surface area contributed by atoms with Gasteiger partial charge < -0.3 is 0 Å². The van der Waals surface area contributed by atoms with Gasteiger partial charge in [-0.3, -0.25) is 0 Å². The lowest BCUT2D eigenvalue weighted by molar-refractivity contribution is 0.526. The molecule has 4 aromatic rings. The van der Waals surface area contributed by atoms with Crippen LogP contribution in [0.15, 0.2) is 83.9 Å². The molecule has 6 rings (SSSR count). The fourth-order valence-electron chi connectivity index (χ4n) is 7.55. The maximum atomic E-state index is 2.54. The molecule has 2 aliphatic carbocycles. The molecule has 0 saturated carbocycles. The molecule has 0 saturated heterocycles. The molecule has 0 unspecified atom stereocenters. The van der Waals surface area contributed by atoms with Crippen LogP contribution in [0.1, 0.15) is 141 Å². The lowest BCUT2D eigenvalue weighted by Gasteiger charge is -2.28. The first-order valence-corrected chi connectivity index (χ1v) is 18.5. The third-order valence-corrected chi connectivity index (χ3v) is 11.3. The number of rotatable bonds is 4. The second-order valence-electron chi connectivity index (χ2n) is 19.7. The van der Waals surface area contributed by atoms with Crippen molar-refractivity contribution in [2.75, 3.05) is 0 Å². The zero-order valence-electron chi connectivity index (χ0n) is 33.0. The van der Waals surface area contributed by atoms with Crippen LogP contribution in [0, 0.1) is 5.41 Å². The van der Waals surface area contributed by atoms with Crippen LogP contribution in [0.5, 0.6) is 0 Å². The molecular formula is C49H60. The molecule has 0 aliphatic heterocycles. The molecule has 2 aliphatic rings. The summed E-state index contributed by atoms with van der Waals surface area (Å²) in [6, 6.07) is 28.6. The third-order valence-electron chi connectivity index (χ3n) is 11.3. The summed E-state index contributed by atoms with van der Waals surface area (Å²) in [6.07, 6.45) is 7.09. The minimum Gasteiger partial charge on any atom is -0.0613 e. The Balaban J connectivity index is 1.41. The summed E-state index contributed by atoms with van der Waals surface area (Å²) in [5, 5.41) is 0. The predicted octanol–water partition coefficient (Wildman–Crippen LogP) is 13.8. The van der Waals surface area contributed by atoms with Crippen molar-refractivity contribution in [3.05, 3.63) is 128 Å². The Morgan fingerprint density at radius 3 is 0.980 bits per heavy atom. The molecule has 0 amide bonds. The second-order valence-corrected chi connectivity index (χ2v) is 19.7. The Hall–Kier alpha value is -3.64. The van der Waals surface area contributed by atoms with Crippen molar-refractivity contribution in [3.8, 4) is 22.3 Å². The maximum Gasteiger partial charge on any atom is 0.00773 e. The molecule has 0 spiro atoms. The molecule has 0 nitrogen and oxygen atoms in total. The van der Waals surface area contributed by atoms with Gasteiger partial charge in [0.05, 0.1) is 0 Å². The van der Waals surface area contributed by atoms with Gasteiger partial charge in [0, 0.05) is 5.41 Å². The molecule has 0 heterocycles. The average molecular weight is 649 g/mol. The summed E-state index contributed by atoms with van der Waals surface area (Å²) in [7, 11) is 0. The Labute approximate surface area is 298 Å². The molecule has 0 radical (unpaired) electrons. The van der Waals surface area contributed by atoms with Gasteiger partial charge in [-0.25, -0.2) is 0 Å². The first kappa shape index (κ1) is 35.2. The van der Waals surface area contributed by atoms with E-state index < -0.39 is 0 Å². The number of hydrogen-bond acceptors (Lipinski definition) is 0. The third kappa shape index (κ3) is 6.78. The van der Waals surface area contributed by atoms with Crippen molar-refractivity contribution in [2.45, 2.75) is 131 Å². The molecular weight excluding hydrogens is 589 g/mol. The standard InChI is InChI=1S/C49H60/c1-45(2,3)35-23-33(24-36(27-35)46(4,5)6)41-19-15-17-31-21-39(29-43(31)41)49(13,14)40-22-32-18-16-20-42(44(32)30-40)34-25-37(47(7,8)9)28-38(26-34)48(10,11)12/h15-20,23-30H,21-22H2,1-14H3. The Kier molecular flexibility index (Phi) is 8.42. The van der Waals surface area contributed by atoms with E-state index in [2.05, 4.69) is 182 Å². The molecule has 0 bridgehead atoms. The highest BCUT2D eigenvalue weighted by Crippen LogP contribution is 2.49. The van der Waals surface area contributed by atoms with E-state index in [9.17, 15) is 0 Å². The van der Waals surface area contributed by atoms with E-state index >= 15 is 0 Å². The fraction of sp³-hybridized carbons (Fsp3) is 0.429. The normalized spacial score (nSPS) is 15.2. The van der Waals surface area contributed by atoms with Crippen molar-refractivity contribution in [2.24, 2.45) is 5.41 Å². The minimum atomic E-state index is -0.0553. The van der Waals surface area contributed by atoms with E-state index in [-0.39, 0.29) is 27.1 Å². The van der Waals surface area contributed by atoms with Gasteiger partial charge in [-0.1, -0.05) is 193 Å². The van der Waals surface area contributed by atoms with E-state index in [0.717, 1.165) is 12.8 Å². The maximum absolute atomic E-state index is 2.54. The first-order valence-electron chi connectivity index (χ1n) is 18.5. The Morgan fingerprint density at radius 2 is 0.694 bits per heavy atom. The summed E-state index contributed by atoms with van der Waals surface area (Å²) < 4.78 is 0. The fourth-order valence-corrected chi connectivity index (χ4v) is 7.55. The Bertz CT molecular complexity index is 1780. The van der Waals surface area contributed by atoms with Crippen LogP contribution in [0.4, 0.5) is 0 Å². The minimum absolute atomic E-state index is 0.0553. The van der Waals surface area contributed by atoms with E-state index in [1.54, 1.807) is 0 Å². The first-order chi connectivity index (χ1) is 22.5. The SMILES string of the molecule is CC(C)(C1=Cc2c(cccc2-c2cc(C(C)(C)C)cc(C(C)(C)C)c2)C1)C1=Cc2c(cccc2-c2cc(C(C)(C)C)cc(C(C)(C)C)c2)C1. The molecule has 0 heteroatoms. The lowest BCUT2D eigenvalue weighted by Crippen LogP contribution is -2.18. The van der Waals surface area contributed by atoms with Gasteiger partial charge in [-0.15, -0.1) is 0 Å². The van der Waals surface area contributed by atoms with Crippen LogP contribution in [0.2, 0.25) is 0 Å². The average Bonchev–Trinajstić information content (AvgIpc) is 3.65. The van der Waals surface area contributed by atoms with Crippen LogP contribution >= 0.6 is 0 Å². The van der Waals surface area contributed by atoms with Crippen molar-refractivity contribution in [3.63, 3.8) is 0 Å². The molecule has 0 fully saturated rings. The highest BCUT2D eigenvalue weighted by Gasteiger charge is 2.35. The van der Waals surface area contributed by atoms with Crippen LogP contribution in [0.25, 0.3) is 34.4 Å². The van der Waals surface area contributed by atoms with Crippen LogP contribution in [-0.4, -0.2) is 0 Å². The van der Waals surface area contributed by atoms with Crippen LogP contribution in [-0.2, 0) is 34.5 Å².